The van der Waals surface area contributed by atoms with E-state index in [1.54, 1.807) is 0 Å². The molecule has 5 atom stereocenters. The summed E-state index contributed by atoms with van der Waals surface area (Å²) in [4.78, 5) is 12.3. The molecule has 2 fully saturated rings. The molecule has 0 bridgehead atoms. The smallest absolute Gasteiger partial charge is 0.325 e. The Hall–Kier alpha value is -0.513. The molecule has 2 aliphatic rings. The summed E-state index contributed by atoms with van der Waals surface area (Å²) in [7, 11) is -0.652. The second-order valence-electron chi connectivity index (χ2n) is 7.38. The van der Waals surface area contributed by atoms with Gasteiger partial charge in [-0.15, -0.1) is 0 Å². The Morgan fingerprint density at radius 2 is 1.88 bits per heavy atom. The Labute approximate surface area is 151 Å². The third-order valence-electron chi connectivity index (χ3n) is 5.61. The molecular formula is C17H33NO6Si. The average molecular weight is 376 g/mol. The van der Waals surface area contributed by atoms with Crippen LogP contribution in [0.15, 0.2) is 0 Å². The molecular weight excluding hydrogens is 342 g/mol. The molecule has 2 N–H and O–H groups in total. The highest BCUT2D eigenvalue weighted by Gasteiger charge is 2.54. The SMILES string of the molecule is CC[Si](CC)(CC)O[C@@H]1[C@@H](O)[C@H]([C@H]2COC(C)(C)O2)N[C@@H]1C(=O)OC. The maximum atomic E-state index is 12.3. The second kappa shape index (κ2) is 8.02. The van der Waals surface area contributed by atoms with Crippen LogP contribution in [0.25, 0.3) is 0 Å². The van der Waals surface area contributed by atoms with Crippen molar-refractivity contribution in [3.63, 3.8) is 0 Å². The molecule has 0 aromatic heterocycles. The minimum absolute atomic E-state index is 0.341. The van der Waals surface area contributed by atoms with Gasteiger partial charge in [0.2, 0.25) is 0 Å². The van der Waals surface area contributed by atoms with E-state index in [0.717, 1.165) is 18.1 Å². The van der Waals surface area contributed by atoms with Crippen LogP contribution in [0, 0.1) is 0 Å². The zero-order chi connectivity index (χ0) is 18.8. The molecule has 2 rings (SSSR count). The minimum Gasteiger partial charge on any atom is -0.468 e. The van der Waals surface area contributed by atoms with Gasteiger partial charge in [-0.05, 0) is 32.0 Å². The first kappa shape index (κ1) is 20.8. The van der Waals surface area contributed by atoms with E-state index in [1.807, 2.05) is 13.8 Å². The number of aliphatic hydroxyl groups excluding tert-OH is 1. The van der Waals surface area contributed by atoms with E-state index in [1.165, 1.54) is 7.11 Å². The number of rotatable bonds is 7. The first-order valence-electron chi connectivity index (χ1n) is 9.24. The van der Waals surface area contributed by atoms with Gasteiger partial charge in [0.05, 0.1) is 32.0 Å². The van der Waals surface area contributed by atoms with Gasteiger partial charge in [0.25, 0.3) is 0 Å². The van der Waals surface area contributed by atoms with Gasteiger partial charge in [0, 0.05) is 0 Å². The topological polar surface area (TPSA) is 86.3 Å². The molecule has 0 radical (unpaired) electrons. The van der Waals surface area contributed by atoms with E-state index in [2.05, 4.69) is 26.1 Å². The maximum absolute atomic E-state index is 12.3. The molecule has 0 aromatic carbocycles. The van der Waals surface area contributed by atoms with Gasteiger partial charge in [-0.3, -0.25) is 10.1 Å². The van der Waals surface area contributed by atoms with Crippen LogP contribution in [-0.2, 0) is 23.4 Å². The van der Waals surface area contributed by atoms with E-state index < -0.39 is 44.4 Å². The van der Waals surface area contributed by atoms with E-state index in [9.17, 15) is 9.90 Å². The Kier molecular flexibility index (Phi) is 6.67. The normalized spacial score (nSPS) is 35.1. The first-order chi connectivity index (χ1) is 11.7. The van der Waals surface area contributed by atoms with Crippen molar-refractivity contribution in [1.82, 2.24) is 5.32 Å². The molecule has 0 spiro atoms. The van der Waals surface area contributed by atoms with Crippen LogP contribution in [0.1, 0.15) is 34.6 Å². The summed E-state index contributed by atoms with van der Waals surface area (Å²) in [6.45, 7) is 10.4. The third-order valence-corrected chi connectivity index (χ3v) is 10.2. The fourth-order valence-corrected chi connectivity index (χ4v) is 6.63. The van der Waals surface area contributed by atoms with Gasteiger partial charge in [0.1, 0.15) is 12.1 Å². The zero-order valence-corrected chi connectivity index (χ0v) is 17.2. The lowest BCUT2D eigenvalue weighted by Gasteiger charge is -2.34. The van der Waals surface area contributed by atoms with Crippen LogP contribution in [0.2, 0.25) is 18.1 Å². The van der Waals surface area contributed by atoms with Crippen molar-refractivity contribution in [2.45, 2.75) is 88.9 Å². The molecule has 0 aliphatic carbocycles. The minimum atomic E-state index is -2.00. The van der Waals surface area contributed by atoms with E-state index >= 15 is 0 Å². The molecule has 0 saturated carbocycles. The molecule has 0 aromatic rings. The number of nitrogens with one attached hydrogen (secondary N) is 1. The Morgan fingerprint density at radius 3 is 2.32 bits per heavy atom. The fourth-order valence-electron chi connectivity index (χ4n) is 3.78. The monoisotopic (exact) mass is 375 g/mol. The number of methoxy groups -OCH3 is 1. The highest BCUT2D eigenvalue weighted by Crippen LogP contribution is 2.33. The van der Waals surface area contributed by atoms with Crippen molar-refractivity contribution < 1.29 is 28.5 Å². The standard InChI is InChI=1S/C17H33NO6Si/c1-7-25(8-2,9-3)24-15-13(16(20)21-6)18-12(14(15)19)11-10-22-17(4,5)23-11/h11-15,18-19H,7-10H2,1-6H3/t11-,12+,13+,14+,15+/m1/s1. The summed E-state index contributed by atoms with van der Waals surface area (Å²) >= 11 is 0. The van der Waals surface area contributed by atoms with Crippen LogP contribution >= 0.6 is 0 Å². The zero-order valence-electron chi connectivity index (χ0n) is 16.2. The van der Waals surface area contributed by atoms with Crippen LogP contribution in [0.4, 0.5) is 0 Å². The number of ether oxygens (including phenoxy) is 3. The number of carbonyl (C=O) groups excluding carboxylic acids is 1. The quantitative estimate of drug-likeness (QED) is 0.514. The van der Waals surface area contributed by atoms with Gasteiger partial charge < -0.3 is 23.7 Å². The molecule has 0 unspecified atom stereocenters. The summed E-state index contributed by atoms with van der Waals surface area (Å²) in [5.41, 5.74) is 0. The number of aliphatic hydroxyl groups is 1. The lowest BCUT2D eigenvalue weighted by Crippen LogP contribution is -2.50. The molecule has 2 heterocycles. The first-order valence-corrected chi connectivity index (χ1v) is 11.8. The Morgan fingerprint density at radius 1 is 1.28 bits per heavy atom. The molecule has 146 valence electrons. The van der Waals surface area contributed by atoms with Crippen molar-refractivity contribution in [3.05, 3.63) is 0 Å². The van der Waals surface area contributed by atoms with Crippen molar-refractivity contribution in [3.8, 4) is 0 Å². The lowest BCUT2D eigenvalue weighted by molar-refractivity contribution is -0.145. The summed E-state index contributed by atoms with van der Waals surface area (Å²) in [6, 6.07) is 1.69. The van der Waals surface area contributed by atoms with E-state index in [0.29, 0.717) is 6.61 Å². The number of hydrogen-bond acceptors (Lipinski definition) is 7. The number of hydrogen-bond donors (Lipinski definition) is 2. The third kappa shape index (κ3) is 4.25. The fraction of sp³-hybridized carbons (Fsp3) is 0.941. The maximum Gasteiger partial charge on any atom is 0.325 e. The van der Waals surface area contributed by atoms with Crippen molar-refractivity contribution in [2.24, 2.45) is 0 Å². The van der Waals surface area contributed by atoms with Gasteiger partial charge in [-0.1, -0.05) is 20.8 Å². The summed E-state index contributed by atoms with van der Waals surface area (Å²) in [5, 5.41) is 14.1. The average Bonchev–Trinajstić information content (AvgIpc) is 3.12. The molecule has 25 heavy (non-hydrogen) atoms. The summed E-state index contributed by atoms with van der Waals surface area (Å²) < 4.78 is 22.9. The molecule has 8 heteroatoms. The van der Waals surface area contributed by atoms with Crippen LogP contribution in [0.3, 0.4) is 0 Å². The van der Waals surface area contributed by atoms with Crippen LogP contribution < -0.4 is 5.32 Å². The van der Waals surface area contributed by atoms with Gasteiger partial charge in [-0.2, -0.15) is 0 Å². The molecule has 7 nitrogen and oxygen atoms in total. The number of carbonyl (C=O) groups is 1. The van der Waals surface area contributed by atoms with Crippen LogP contribution in [-0.4, -0.2) is 69.3 Å². The largest absolute Gasteiger partial charge is 0.468 e. The predicted octanol–water partition coefficient (Wildman–Crippen LogP) is 1.40. The van der Waals surface area contributed by atoms with E-state index in [4.69, 9.17) is 18.6 Å². The van der Waals surface area contributed by atoms with Gasteiger partial charge >= 0.3 is 5.97 Å². The van der Waals surface area contributed by atoms with Crippen LogP contribution in [0.5, 0.6) is 0 Å². The number of esters is 1. The second-order valence-corrected chi connectivity index (χ2v) is 12.1. The van der Waals surface area contributed by atoms with Crippen molar-refractivity contribution >= 4 is 14.3 Å². The predicted molar refractivity (Wildman–Crippen MR) is 95.7 cm³/mol. The van der Waals surface area contributed by atoms with E-state index in [-0.39, 0.29) is 6.10 Å². The lowest BCUT2D eigenvalue weighted by atomic mass is 10.0. The Balaban J connectivity index is 2.21. The highest BCUT2D eigenvalue weighted by atomic mass is 28.4. The Bertz CT molecular complexity index is 462. The van der Waals surface area contributed by atoms with Gasteiger partial charge in [0.15, 0.2) is 14.1 Å². The highest BCUT2D eigenvalue weighted by molar-refractivity contribution is 6.73. The summed E-state index contributed by atoms with van der Waals surface area (Å²) in [5.74, 6) is -1.11. The van der Waals surface area contributed by atoms with Crippen molar-refractivity contribution in [1.29, 1.82) is 0 Å². The van der Waals surface area contributed by atoms with Gasteiger partial charge in [-0.25, -0.2) is 0 Å². The molecule has 0 amide bonds. The molecule has 2 aliphatic heterocycles. The molecule has 2 saturated heterocycles. The van der Waals surface area contributed by atoms with Crippen molar-refractivity contribution in [2.75, 3.05) is 13.7 Å². The summed E-state index contributed by atoms with van der Waals surface area (Å²) in [6.07, 6.45) is -1.83.